The number of carbonyl (C=O) groups excluding carboxylic acids is 1. The Hall–Kier alpha value is -2.26. The number of nitrogens with one attached hydrogen (secondary N) is 1. The summed E-state index contributed by atoms with van der Waals surface area (Å²) < 4.78 is 10.5. The minimum atomic E-state index is -0.278. The van der Waals surface area contributed by atoms with Crippen molar-refractivity contribution in [3.8, 4) is 17.6 Å². The van der Waals surface area contributed by atoms with E-state index in [2.05, 4.69) is 11.4 Å². The summed E-state index contributed by atoms with van der Waals surface area (Å²) in [4.78, 5) is 14.0. The molecular weight excluding hydrogens is 306 g/mol. The molecule has 1 saturated heterocycles. The molecule has 1 fully saturated rings. The zero-order valence-electron chi connectivity index (χ0n) is 14.5. The third kappa shape index (κ3) is 4.18. The summed E-state index contributed by atoms with van der Waals surface area (Å²) in [5, 5.41) is 12.3. The summed E-state index contributed by atoms with van der Waals surface area (Å²) in [7, 11) is 3.22. The molecule has 2 unspecified atom stereocenters. The second kappa shape index (κ2) is 8.55. The smallest absolute Gasteiger partial charge is 0.237 e. The molecule has 130 valence electrons. The van der Waals surface area contributed by atoms with E-state index in [1.54, 1.807) is 19.1 Å². The Morgan fingerprint density at radius 2 is 2.08 bits per heavy atom. The molecule has 6 nitrogen and oxygen atoms in total. The van der Waals surface area contributed by atoms with Gasteiger partial charge in [0.1, 0.15) is 6.04 Å². The van der Waals surface area contributed by atoms with Gasteiger partial charge in [-0.05, 0) is 50.4 Å². The maximum Gasteiger partial charge on any atom is 0.237 e. The van der Waals surface area contributed by atoms with Gasteiger partial charge in [0, 0.05) is 6.04 Å². The molecule has 0 aliphatic carbocycles. The van der Waals surface area contributed by atoms with Gasteiger partial charge in [-0.15, -0.1) is 0 Å². The van der Waals surface area contributed by atoms with Crippen molar-refractivity contribution in [1.82, 2.24) is 10.2 Å². The largest absolute Gasteiger partial charge is 0.493 e. The van der Waals surface area contributed by atoms with Crippen molar-refractivity contribution in [3.63, 3.8) is 0 Å². The van der Waals surface area contributed by atoms with Crippen molar-refractivity contribution in [3.05, 3.63) is 23.8 Å². The van der Waals surface area contributed by atoms with Crippen LogP contribution in [0.25, 0.3) is 0 Å². The van der Waals surface area contributed by atoms with Crippen LogP contribution in [0, 0.1) is 11.3 Å². The Morgan fingerprint density at radius 1 is 1.33 bits per heavy atom. The monoisotopic (exact) mass is 331 g/mol. The van der Waals surface area contributed by atoms with E-state index < -0.39 is 0 Å². The molecule has 1 aliphatic rings. The molecule has 2 atom stereocenters. The van der Waals surface area contributed by atoms with Crippen molar-refractivity contribution in [2.24, 2.45) is 0 Å². The highest BCUT2D eigenvalue weighted by molar-refractivity contribution is 5.79. The first-order valence-corrected chi connectivity index (χ1v) is 8.23. The third-order valence-electron chi connectivity index (χ3n) is 4.42. The first kappa shape index (κ1) is 18.1. The molecule has 1 aromatic rings. The average Bonchev–Trinajstić information content (AvgIpc) is 2.99. The Labute approximate surface area is 143 Å². The lowest BCUT2D eigenvalue weighted by atomic mass is 10.1. The maximum absolute atomic E-state index is 12.3. The van der Waals surface area contributed by atoms with E-state index in [0.717, 1.165) is 24.8 Å². The fourth-order valence-corrected chi connectivity index (χ4v) is 3.09. The Balaban J connectivity index is 1.81. The number of amides is 1. The summed E-state index contributed by atoms with van der Waals surface area (Å²) in [6.07, 6.45) is 2.45. The van der Waals surface area contributed by atoms with E-state index in [9.17, 15) is 4.79 Å². The molecule has 2 rings (SSSR count). The molecule has 24 heavy (non-hydrogen) atoms. The van der Waals surface area contributed by atoms with Crippen LogP contribution in [0.15, 0.2) is 18.2 Å². The number of hydrogen-bond acceptors (Lipinski definition) is 5. The topological polar surface area (TPSA) is 74.6 Å². The number of rotatable bonds is 7. The van der Waals surface area contributed by atoms with Gasteiger partial charge < -0.3 is 19.7 Å². The van der Waals surface area contributed by atoms with Crippen LogP contribution in [0.2, 0.25) is 0 Å². The summed E-state index contributed by atoms with van der Waals surface area (Å²) in [5.74, 6) is 1.41. The van der Waals surface area contributed by atoms with Crippen molar-refractivity contribution in [2.45, 2.75) is 38.3 Å². The van der Waals surface area contributed by atoms with Crippen molar-refractivity contribution in [1.29, 1.82) is 5.26 Å². The lowest BCUT2D eigenvalue weighted by Crippen LogP contribution is -2.44. The molecule has 1 N–H and O–H groups in total. The van der Waals surface area contributed by atoms with E-state index >= 15 is 0 Å². The molecule has 1 aromatic carbocycles. The van der Waals surface area contributed by atoms with Crippen molar-refractivity contribution in [2.75, 3.05) is 27.3 Å². The normalized spacial score (nSPS) is 19.8. The molecule has 0 bridgehead atoms. The molecule has 6 heteroatoms. The molecule has 1 amide bonds. The van der Waals surface area contributed by atoms with Crippen LogP contribution in [0.5, 0.6) is 11.5 Å². The minimum Gasteiger partial charge on any atom is -0.493 e. The minimum absolute atomic E-state index is 0.00105. The SMILES string of the molecule is COc1ccc(CCNCC(=O)N2C(C)CCC2C#N)cc1OC. The van der Waals surface area contributed by atoms with E-state index in [1.165, 1.54) is 0 Å². The summed E-state index contributed by atoms with van der Waals surface area (Å²) >= 11 is 0. The molecule has 0 aromatic heterocycles. The van der Waals surface area contributed by atoms with Gasteiger partial charge in [-0.3, -0.25) is 4.79 Å². The van der Waals surface area contributed by atoms with Gasteiger partial charge in [0.05, 0.1) is 26.8 Å². The zero-order chi connectivity index (χ0) is 17.5. The van der Waals surface area contributed by atoms with Crippen molar-refractivity contribution < 1.29 is 14.3 Å². The standard InChI is InChI=1S/C18H25N3O3/c1-13-4-6-15(11-19)21(13)18(22)12-20-9-8-14-5-7-16(23-2)17(10-14)24-3/h5,7,10,13,15,20H,4,6,8-9,12H2,1-3H3. The van der Waals surface area contributed by atoms with Gasteiger partial charge >= 0.3 is 0 Å². The molecule has 1 aliphatic heterocycles. The lowest BCUT2D eigenvalue weighted by molar-refractivity contribution is -0.131. The lowest BCUT2D eigenvalue weighted by Gasteiger charge is -2.24. The molecule has 0 radical (unpaired) electrons. The predicted molar refractivity (Wildman–Crippen MR) is 91.1 cm³/mol. The van der Waals surface area contributed by atoms with Crippen LogP contribution in [-0.2, 0) is 11.2 Å². The predicted octanol–water partition coefficient (Wildman–Crippen LogP) is 1.74. The fraction of sp³-hybridized carbons (Fsp3) is 0.556. The molecular formula is C18H25N3O3. The zero-order valence-corrected chi connectivity index (χ0v) is 14.5. The van der Waals surface area contributed by atoms with Crippen LogP contribution in [0.3, 0.4) is 0 Å². The maximum atomic E-state index is 12.3. The number of methoxy groups -OCH3 is 2. The highest BCUT2D eigenvalue weighted by Gasteiger charge is 2.33. The summed E-state index contributed by atoms with van der Waals surface area (Å²) in [6, 6.07) is 7.89. The number of ether oxygens (including phenoxy) is 2. The second-order valence-corrected chi connectivity index (χ2v) is 5.99. The van der Waals surface area contributed by atoms with Crippen LogP contribution >= 0.6 is 0 Å². The van der Waals surface area contributed by atoms with E-state index in [4.69, 9.17) is 14.7 Å². The second-order valence-electron chi connectivity index (χ2n) is 5.99. The van der Waals surface area contributed by atoms with E-state index in [1.807, 2.05) is 25.1 Å². The number of nitriles is 1. The Morgan fingerprint density at radius 3 is 2.75 bits per heavy atom. The number of nitrogens with zero attached hydrogens (tertiary/aromatic N) is 2. The first-order valence-electron chi connectivity index (χ1n) is 8.23. The number of likely N-dealkylation sites (tertiary alicyclic amines) is 1. The van der Waals surface area contributed by atoms with E-state index in [0.29, 0.717) is 18.0 Å². The molecule has 0 spiro atoms. The van der Waals surface area contributed by atoms with Gasteiger partial charge in [-0.2, -0.15) is 5.26 Å². The highest BCUT2D eigenvalue weighted by atomic mass is 16.5. The Kier molecular flexibility index (Phi) is 6.44. The quantitative estimate of drug-likeness (QED) is 0.770. The number of hydrogen-bond donors (Lipinski definition) is 1. The van der Waals surface area contributed by atoms with Gasteiger partial charge in [-0.1, -0.05) is 6.07 Å². The third-order valence-corrected chi connectivity index (χ3v) is 4.42. The average molecular weight is 331 g/mol. The summed E-state index contributed by atoms with van der Waals surface area (Å²) in [6.45, 7) is 2.94. The van der Waals surface area contributed by atoms with Crippen LogP contribution < -0.4 is 14.8 Å². The summed E-state index contributed by atoms with van der Waals surface area (Å²) in [5.41, 5.74) is 1.11. The highest BCUT2D eigenvalue weighted by Crippen LogP contribution is 2.27. The first-order chi connectivity index (χ1) is 11.6. The van der Waals surface area contributed by atoms with Crippen LogP contribution in [-0.4, -0.2) is 50.2 Å². The van der Waals surface area contributed by atoms with Crippen molar-refractivity contribution >= 4 is 5.91 Å². The van der Waals surface area contributed by atoms with Gasteiger partial charge in [-0.25, -0.2) is 0 Å². The number of carbonyl (C=O) groups is 1. The number of benzene rings is 1. The van der Waals surface area contributed by atoms with Crippen LogP contribution in [0.1, 0.15) is 25.3 Å². The molecule has 0 saturated carbocycles. The fourth-order valence-electron chi connectivity index (χ4n) is 3.09. The van der Waals surface area contributed by atoms with Crippen LogP contribution in [0.4, 0.5) is 0 Å². The van der Waals surface area contributed by atoms with Gasteiger partial charge in [0.15, 0.2) is 11.5 Å². The van der Waals surface area contributed by atoms with Gasteiger partial charge in [0.2, 0.25) is 5.91 Å². The van der Waals surface area contributed by atoms with E-state index in [-0.39, 0.29) is 24.5 Å². The Bertz CT molecular complexity index is 612. The molecule has 1 heterocycles. The van der Waals surface area contributed by atoms with Gasteiger partial charge in [0.25, 0.3) is 0 Å².